The highest BCUT2D eigenvalue weighted by Gasteiger charge is 2.30. The molecule has 0 unspecified atom stereocenters. The Hall–Kier alpha value is -2.27. The van der Waals surface area contributed by atoms with E-state index in [-0.39, 0.29) is 11.9 Å². The van der Waals surface area contributed by atoms with E-state index in [1.807, 2.05) is 41.3 Å². The number of carbonyl (C=O) groups is 1. The number of nitrogens with zero attached hydrogens (tertiary/aromatic N) is 3. The van der Waals surface area contributed by atoms with Crippen molar-refractivity contribution in [3.8, 4) is 0 Å². The lowest BCUT2D eigenvalue weighted by Crippen LogP contribution is -2.37. The molecule has 0 spiro atoms. The Morgan fingerprint density at radius 1 is 1.19 bits per heavy atom. The molecule has 0 bridgehead atoms. The van der Waals surface area contributed by atoms with E-state index in [1.165, 1.54) is 5.56 Å². The molecule has 3 aromatic rings. The fourth-order valence-electron chi connectivity index (χ4n) is 3.74. The van der Waals surface area contributed by atoms with Gasteiger partial charge in [0.25, 0.3) is 0 Å². The molecule has 0 saturated heterocycles. The lowest BCUT2D eigenvalue weighted by Gasteiger charge is -2.22. The predicted molar refractivity (Wildman–Crippen MR) is 108 cm³/mol. The first-order chi connectivity index (χ1) is 12.7. The van der Waals surface area contributed by atoms with E-state index in [0.29, 0.717) is 5.75 Å². The maximum absolute atomic E-state index is 12.9. The van der Waals surface area contributed by atoms with Crippen molar-refractivity contribution in [1.82, 2.24) is 9.55 Å². The van der Waals surface area contributed by atoms with Gasteiger partial charge in [0.15, 0.2) is 5.16 Å². The smallest absolute Gasteiger partial charge is 0.237 e. The molecular formula is C21H23N3OS. The van der Waals surface area contributed by atoms with Crippen LogP contribution in [0.1, 0.15) is 25.8 Å². The Bertz CT molecular complexity index is 949. The third-order valence-electron chi connectivity index (χ3n) is 4.87. The standard InChI is InChI=1S/C21H23N3OS/c1-3-12-23-19-11-7-5-9-17(19)22-21(23)26-14-20(25)24-15(2)13-16-8-4-6-10-18(16)24/h4-11,15H,3,12-14H2,1-2H3/t15-/m0/s1. The Morgan fingerprint density at radius 2 is 1.96 bits per heavy atom. The van der Waals surface area contributed by atoms with Gasteiger partial charge in [-0.05, 0) is 43.5 Å². The number of anilines is 1. The van der Waals surface area contributed by atoms with Crippen molar-refractivity contribution in [2.75, 3.05) is 10.7 Å². The summed E-state index contributed by atoms with van der Waals surface area (Å²) in [6.07, 6.45) is 1.97. The van der Waals surface area contributed by atoms with Crippen LogP contribution in [0.3, 0.4) is 0 Å². The summed E-state index contributed by atoms with van der Waals surface area (Å²) >= 11 is 1.55. The van der Waals surface area contributed by atoms with E-state index in [2.05, 4.69) is 30.5 Å². The summed E-state index contributed by atoms with van der Waals surface area (Å²) in [5, 5.41) is 0.932. The average Bonchev–Trinajstić information content (AvgIpc) is 3.17. The molecule has 4 rings (SSSR count). The first-order valence-corrected chi connectivity index (χ1v) is 10.2. The van der Waals surface area contributed by atoms with Crippen LogP contribution in [-0.4, -0.2) is 27.3 Å². The number of thioether (sulfide) groups is 1. The summed E-state index contributed by atoms with van der Waals surface area (Å²) in [7, 11) is 0. The maximum atomic E-state index is 12.9. The maximum Gasteiger partial charge on any atom is 0.237 e. The second kappa shape index (κ2) is 7.16. The number of amides is 1. The molecule has 5 heteroatoms. The summed E-state index contributed by atoms with van der Waals surface area (Å²) in [6.45, 7) is 5.20. The summed E-state index contributed by atoms with van der Waals surface area (Å²) < 4.78 is 2.23. The van der Waals surface area contributed by atoms with Gasteiger partial charge in [-0.25, -0.2) is 4.98 Å². The Balaban J connectivity index is 1.55. The Kier molecular flexibility index (Phi) is 4.72. The van der Waals surface area contributed by atoms with Crippen molar-refractivity contribution < 1.29 is 4.79 Å². The number of benzene rings is 2. The number of hydrogen-bond donors (Lipinski definition) is 0. The molecule has 1 aromatic heterocycles. The van der Waals surface area contributed by atoms with Crippen molar-refractivity contribution in [3.05, 3.63) is 54.1 Å². The van der Waals surface area contributed by atoms with Crippen LogP contribution in [-0.2, 0) is 17.8 Å². The lowest BCUT2D eigenvalue weighted by atomic mass is 10.1. The number of hydrogen-bond acceptors (Lipinski definition) is 3. The van der Waals surface area contributed by atoms with Crippen LogP contribution >= 0.6 is 11.8 Å². The van der Waals surface area contributed by atoms with Crippen LogP contribution in [0, 0.1) is 0 Å². The molecule has 134 valence electrons. The van der Waals surface area contributed by atoms with Gasteiger partial charge in [0.2, 0.25) is 5.91 Å². The molecule has 1 aliphatic heterocycles. The van der Waals surface area contributed by atoms with Gasteiger partial charge in [-0.2, -0.15) is 0 Å². The van der Waals surface area contributed by atoms with Crippen LogP contribution in [0.15, 0.2) is 53.7 Å². The number of aromatic nitrogens is 2. The number of rotatable bonds is 5. The molecule has 1 amide bonds. The van der Waals surface area contributed by atoms with Crippen molar-refractivity contribution in [2.45, 2.75) is 44.4 Å². The number of imidazole rings is 1. The minimum absolute atomic E-state index is 0.155. The molecule has 1 atom stereocenters. The van der Waals surface area contributed by atoms with Gasteiger partial charge in [-0.3, -0.25) is 4.79 Å². The van der Waals surface area contributed by atoms with Gasteiger partial charge in [0.1, 0.15) is 0 Å². The number of fused-ring (bicyclic) bond motifs is 2. The van der Waals surface area contributed by atoms with Crippen molar-refractivity contribution in [2.24, 2.45) is 0 Å². The lowest BCUT2D eigenvalue weighted by molar-refractivity contribution is -0.116. The highest BCUT2D eigenvalue weighted by atomic mass is 32.2. The molecule has 26 heavy (non-hydrogen) atoms. The minimum Gasteiger partial charge on any atom is -0.319 e. The third-order valence-corrected chi connectivity index (χ3v) is 5.83. The number of para-hydroxylation sites is 3. The van der Waals surface area contributed by atoms with Crippen molar-refractivity contribution in [1.29, 1.82) is 0 Å². The van der Waals surface area contributed by atoms with Crippen LogP contribution < -0.4 is 4.90 Å². The summed E-state index contributed by atoms with van der Waals surface area (Å²) in [6, 6.07) is 16.6. The van der Waals surface area contributed by atoms with E-state index >= 15 is 0 Å². The van der Waals surface area contributed by atoms with E-state index in [4.69, 9.17) is 4.98 Å². The van der Waals surface area contributed by atoms with Crippen LogP contribution in [0.5, 0.6) is 0 Å². The van der Waals surface area contributed by atoms with Gasteiger partial charge < -0.3 is 9.47 Å². The minimum atomic E-state index is 0.155. The van der Waals surface area contributed by atoms with Gasteiger partial charge in [0, 0.05) is 18.3 Å². The van der Waals surface area contributed by atoms with Crippen molar-refractivity contribution >= 4 is 34.4 Å². The number of carbonyl (C=O) groups excluding carboxylic acids is 1. The SMILES string of the molecule is CCCn1c(SCC(=O)N2c3ccccc3C[C@@H]2C)nc2ccccc21. The van der Waals surface area contributed by atoms with Crippen LogP contribution in [0.2, 0.25) is 0 Å². The molecule has 2 aromatic carbocycles. The van der Waals surface area contributed by atoms with E-state index in [0.717, 1.165) is 41.3 Å². The largest absolute Gasteiger partial charge is 0.319 e. The topological polar surface area (TPSA) is 38.1 Å². The first kappa shape index (κ1) is 17.2. The molecule has 0 N–H and O–H groups in total. The van der Waals surface area contributed by atoms with Gasteiger partial charge in [0.05, 0.1) is 16.8 Å². The monoisotopic (exact) mass is 365 g/mol. The third kappa shape index (κ3) is 3.01. The molecule has 2 heterocycles. The second-order valence-electron chi connectivity index (χ2n) is 6.77. The van der Waals surface area contributed by atoms with E-state index < -0.39 is 0 Å². The molecule has 1 aliphatic rings. The quantitative estimate of drug-likeness (QED) is 0.624. The molecular weight excluding hydrogens is 342 g/mol. The summed E-state index contributed by atoms with van der Waals surface area (Å²) in [5.74, 6) is 0.564. The van der Waals surface area contributed by atoms with Crippen LogP contribution in [0.25, 0.3) is 11.0 Å². The van der Waals surface area contributed by atoms with E-state index in [1.54, 1.807) is 11.8 Å². The second-order valence-corrected chi connectivity index (χ2v) is 7.71. The Labute approximate surface area is 158 Å². The van der Waals surface area contributed by atoms with Crippen LogP contribution in [0.4, 0.5) is 5.69 Å². The highest BCUT2D eigenvalue weighted by Crippen LogP contribution is 2.33. The average molecular weight is 366 g/mol. The zero-order valence-corrected chi connectivity index (χ0v) is 16.0. The van der Waals surface area contributed by atoms with Gasteiger partial charge in [-0.1, -0.05) is 49.0 Å². The van der Waals surface area contributed by atoms with Gasteiger partial charge in [-0.15, -0.1) is 0 Å². The van der Waals surface area contributed by atoms with E-state index in [9.17, 15) is 4.79 Å². The molecule has 0 aliphatic carbocycles. The number of aryl methyl sites for hydroxylation is 1. The molecule has 0 saturated carbocycles. The fraction of sp³-hybridized carbons (Fsp3) is 0.333. The summed E-state index contributed by atoms with van der Waals surface area (Å²) in [4.78, 5) is 19.6. The zero-order valence-electron chi connectivity index (χ0n) is 15.2. The molecule has 4 nitrogen and oxygen atoms in total. The molecule has 0 radical (unpaired) electrons. The predicted octanol–water partition coefficient (Wildman–Crippen LogP) is 4.52. The van der Waals surface area contributed by atoms with Gasteiger partial charge >= 0.3 is 0 Å². The highest BCUT2D eigenvalue weighted by molar-refractivity contribution is 7.99. The molecule has 0 fully saturated rings. The Morgan fingerprint density at radius 3 is 2.81 bits per heavy atom. The first-order valence-electron chi connectivity index (χ1n) is 9.17. The zero-order chi connectivity index (χ0) is 18.1. The van der Waals surface area contributed by atoms with Crippen molar-refractivity contribution in [3.63, 3.8) is 0 Å². The fourth-order valence-corrected chi connectivity index (χ4v) is 4.64. The normalized spacial score (nSPS) is 16.2. The summed E-state index contributed by atoms with van der Waals surface area (Å²) in [5.41, 5.74) is 4.46.